The molecular formula is C12H15N5O. The van der Waals surface area contributed by atoms with Gasteiger partial charge in [-0.1, -0.05) is 0 Å². The first-order chi connectivity index (χ1) is 8.93. The first-order valence-corrected chi connectivity index (χ1v) is 6.01. The maximum atomic E-state index is 5.74. The molecule has 0 aromatic carbocycles. The van der Waals surface area contributed by atoms with Crippen LogP contribution in [-0.2, 0) is 11.3 Å². The van der Waals surface area contributed by atoms with Crippen LogP contribution in [0.15, 0.2) is 31.1 Å². The van der Waals surface area contributed by atoms with Gasteiger partial charge in [-0.05, 0) is 6.07 Å². The Balaban J connectivity index is 1.78. The van der Waals surface area contributed by atoms with Crippen LogP contribution in [0.1, 0.15) is 17.5 Å². The lowest BCUT2D eigenvalue weighted by atomic mass is 10.2. The van der Waals surface area contributed by atoms with Crippen molar-refractivity contribution < 1.29 is 4.74 Å². The molecule has 6 nitrogen and oxygen atoms in total. The molecule has 0 aliphatic carbocycles. The molecule has 0 radical (unpaired) electrons. The summed E-state index contributed by atoms with van der Waals surface area (Å²) in [6.07, 6.45) is 7.05. The minimum Gasteiger partial charge on any atom is -0.369 e. The lowest BCUT2D eigenvalue weighted by molar-refractivity contribution is 0.0230. The van der Waals surface area contributed by atoms with E-state index in [1.807, 2.05) is 18.6 Å². The summed E-state index contributed by atoms with van der Waals surface area (Å²) in [5, 5.41) is 3.32. The molecule has 0 bridgehead atoms. The van der Waals surface area contributed by atoms with Gasteiger partial charge in [-0.3, -0.25) is 0 Å². The fourth-order valence-corrected chi connectivity index (χ4v) is 2.07. The van der Waals surface area contributed by atoms with Crippen molar-refractivity contribution in [2.75, 3.05) is 19.7 Å². The second-order valence-electron chi connectivity index (χ2n) is 4.21. The zero-order valence-electron chi connectivity index (χ0n) is 9.99. The fourth-order valence-electron chi connectivity index (χ4n) is 2.07. The SMILES string of the molecule is c1cc(Cn2cncc2C2CNCCO2)ncn1. The summed E-state index contributed by atoms with van der Waals surface area (Å²) in [7, 11) is 0. The Morgan fingerprint density at radius 2 is 2.44 bits per heavy atom. The van der Waals surface area contributed by atoms with Crippen molar-refractivity contribution in [1.82, 2.24) is 24.8 Å². The van der Waals surface area contributed by atoms with Crippen molar-refractivity contribution in [2.24, 2.45) is 0 Å². The van der Waals surface area contributed by atoms with Gasteiger partial charge in [0.15, 0.2) is 0 Å². The predicted molar refractivity (Wildman–Crippen MR) is 64.9 cm³/mol. The molecule has 1 atom stereocenters. The number of hydrogen-bond donors (Lipinski definition) is 1. The molecule has 94 valence electrons. The van der Waals surface area contributed by atoms with Crippen molar-refractivity contribution >= 4 is 0 Å². The first-order valence-electron chi connectivity index (χ1n) is 6.01. The summed E-state index contributed by atoms with van der Waals surface area (Å²) in [5.41, 5.74) is 2.05. The van der Waals surface area contributed by atoms with Gasteiger partial charge in [0, 0.05) is 19.3 Å². The van der Waals surface area contributed by atoms with Crippen LogP contribution in [0.2, 0.25) is 0 Å². The molecule has 1 aliphatic rings. The second kappa shape index (κ2) is 5.24. The van der Waals surface area contributed by atoms with Gasteiger partial charge in [0.1, 0.15) is 12.4 Å². The van der Waals surface area contributed by atoms with Crippen molar-refractivity contribution in [1.29, 1.82) is 0 Å². The Labute approximate surface area is 105 Å². The Morgan fingerprint density at radius 3 is 3.22 bits per heavy atom. The lowest BCUT2D eigenvalue weighted by Gasteiger charge is -2.24. The normalized spacial score (nSPS) is 19.9. The maximum absolute atomic E-state index is 5.74. The van der Waals surface area contributed by atoms with Crippen LogP contribution in [0.4, 0.5) is 0 Å². The van der Waals surface area contributed by atoms with E-state index >= 15 is 0 Å². The molecule has 0 spiro atoms. The highest BCUT2D eigenvalue weighted by Crippen LogP contribution is 2.18. The van der Waals surface area contributed by atoms with Gasteiger partial charge in [-0.25, -0.2) is 15.0 Å². The van der Waals surface area contributed by atoms with E-state index in [9.17, 15) is 0 Å². The van der Waals surface area contributed by atoms with Gasteiger partial charge in [0.2, 0.25) is 0 Å². The molecule has 18 heavy (non-hydrogen) atoms. The molecule has 1 aliphatic heterocycles. The summed E-state index contributed by atoms with van der Waals surface area (Å²) >= 11 is 0. The van der Waals surface area contributed by atoms with Gasteiger partial charge in [-0.15, -0.1) is 0 Å². The molecule has 1 fully saturated rings. The zero-order valence-corrected chi connectivity index (χ0v) is 9.99. The molecule has 1 saturated heterocycles. The average Bonchev–Trinajstić information content (AvgIpc) is 2.89. The Morgan fingerprint density at radius 1 is 1.44 bits per heavy atom. The summed E-state index contributed by atoms with van der Waals surface area (Å²) in [6.45, 7) is 3.17. The van der Waals surface area contributed by atoms with Crippen LogP contribution >= 0.6 is 0 Å². The summed E-state index contributed by atoms with van der Waals surface area (Å²) < 4.78 is 7.81. The van der Waals surface area contributed by atoms with E-state index in [0.717, 1.165) is 31.1 Å². The van der Waals surface area contributed by atoms with Gasteiger partial charge in [-0.2, -0.15) is 0 Å². The summed E-state index contributed by atoms with van der Waals surface area (Å²) in [4.78, 5) is 12.3. The monoisotopic (exact) mass is 245 g/mol. The molecule has 3 heterocycles. The van der Waals surface area contributed by atoms with Crippen LogP contribution in [-0.4, -0.2) is 39.2 Å². The van der Waals surface area contributed by atoms with Crippen LogP contribution in [0.25, 0.3) is 0 Å². The molecule has 0 saturated carbocycles. The third kappa shape index (κ3) is 2.39. The molecule has 1 unspecified atom stereocenters. The molecule has 0 amide bonds. The molecule has 2 aromatic rings. The summed E-state index contributed by atoms with van der Waals surface area (Å²) in [5.74, 6) is 0. The average molecular weight is 245 g/mol. The van der Waals surface area contributed by atoms with Crippen molar-refractivity contribution in [2.45, 2.75) is 12.6 Å². The molecule has 2 aromatic heterocycles. The molecule has 3 rings (SSSR count). The molecule has 6 heteroatoms. The lowest BCUT2D eigenvalue weighted by Crippen LogP contribution is -2.34. The second-order valence-corrected chi connectivity index (χ2v) is 4.21. The number of imidazole rings is 1. The number of nitrogens with zero attached hydrogens (tertiary/aromatic N) is 4. The zero-order chi connectivity index (χ0) is 12.2. The van der Waals surface area contributed by atoms with E-state index in [1.54, 1.807) is 12.5 Å². The van der Waals surface area contributed by atoms with Gasteiger partial charge in [0.05, 0.1) is 37.1 Å². The van der Waals surface area contributed by atoms with E-state index < -0.39 is 0 Å². The number of nitrogens with one attached hydrogen (secondary N) is 1. The predicted octanol–water partition coefficient (Wildman–Crippen LogP) is 0.382. The smallest absolute Gasteiger partial charge is 0.115 e. The van der Waals surface area contributed by atoms with Crippen LogP contribution in [0.3, 0.4) is 0 Å². The molecular weight excluding hydrogens is 230 g/mol. The highest BCUT2D eigenvalue weighted by Gasteiger charge is 2.19. The third-order valence-electron chi connectivity index (χ3n) is 2.98. The standard InChI is InChI=1S/C12H15N5O/c1-2-14-8-16-10(1)7-17-9-15-5-11(17)12-6-13-3-4-18-12/h1-2,5,8-9,12-13H,3-4,6-7H2. The van der Waals surface area contributed by atoms with Crippen molar-refractivity contribution in [3.05, 3.63) is 42.5 Å². The topological polar surface area (TPSA) is 64.9 Å². The van der Waals surface area contributed by atoms with E-state index in [0.29, 0.717) is 6.54 Å². The van der Waals surface area contributed by atoms with Crippen LogP contribution in [0, 0.1) is 0 Å². The number of hydrogen-bond acceptors (Lipinski definition) is 5. The van der Waals surface area contributed by atoms with Gasteiger partial charge < -0.3 is 14.6 Å². The summed E-state index contributed by atoms with van der Waals surface area (Å²) in [6, 6.07) is 1.91. The number of aromatic nitrogens is 4. The minimum absolute atomic E-state index is 0.0723. The molecule has 1 N–H and O–H groups in total. The number of rotatable bonds is 3. The number of morpholine rings is 1. The van der Waals surface area contributed by atoms with Crippen molar-refractivity contribution in [3.8, 4) is 0 Å². The Kier molecular flexibility index (Phi) is 3.29. The Bertz CT molecular complexity index is 492. The fraction of sp³-hybridized carbons (Fsp3) is 0.417. The van der Waals surface area contributed by atoms with E-state index in [4.69, 9.17) is 4.74 Å². The first kappa shape index (κ1) is 11.3. The van der Waals surface area contributed by atoms with Gasteiger partial charge >= 0.3 is 0 Å². The van der Waals surface area contributed by atoms with E-state index in [1.165, 1.54) is 0 Å². The number of ether oxygens (including phenoxy) is 1. The highest BCUT2D eigenvalue weighted by molar-refractivity contribution is 5.08. The minimum atomic E-state index is 0.0723. The Hall–Kier alpha value is -1.79. The third-order valence-corrected chi connectivity index (χ3v) is 2.98. The highest BCUT2D eigenvalue weighted by atomic mass is 16.5. The van der Waals surface area contributed by atoms with Crippen molar-refractivity contribution in [3.63, 3.8) is 0 Å². The van der Waals surface area contributed by atoms with Crippen LogP contribution in [0.5, 0.6) is 0 Å². The van der Waals surface area contributed by atoms with E-state index in [2.05, 4.69) is 24.8 Å². The quantitative estimate of drug-likeness (QED) is 0.847. The maximum Gasteiger partial charge on any atom is 0.115 e. The van der Waals surface area contributed by atoms with Gasteiger partial charge in [0.25, 0.3) is 0 Å². The largest absolute Gasteiger partial charge is 0.369 e. The van der Waals surface area contributed by atoms with E-state index in [-0.39, 0.29) is 6.10 Å². The van der Waals surface area contributed by atoms with Crippen LogP contribution < -0.4 is 5.32 Å².